The average Bonchev–Trinajstić information content (AvgIpc) is 2.58. The summed E-state index contributed by atoms with van der Waals surface area (Å²) in [5, 5.41) is 3.60. The topological polar surface area (TPSA) is 56.7 Å². The smallest absolute Gasteiger partial charge is 0.276 e. The molecule has 5 nitrogen and oxygen atoms in total. The normalized spacial score (nSPS) is 10.5. The molecule has 62 valence electrons. The summed E-state index contributed by atoms with van der Waals surface area (Å²) in [7, 11) is 1.86. The van der Waals surface area contributed by atoms with E-state index in [0.717, 1.165) is 5.69 Å². The summed E-state index contributed by atoms with van der Waals surface area (Å²) in [4.78, 5) is 7.92. The van der Waals surface area contributed by atoms with E-state index in [2.05, 4.69) is 31.1 Å². The number of imidazole rings is 1. The highest BCUT2D eigenvalue weighted by molar-refractivity contribution is 9.10. The molecule has 0 radical (unpaired) electrons. The second-order valence-corrected chi connectivity index (χ2v) is 2.97. The van der Waals surface area contributed by atoms with E-state index < -0.39 is 0 Å². The van der Waals surface area contributed by atoms with Gasteiger partial charge >= 0.3 is 0 Å². The van der Waals surface area contributed by atoms with Gasteiger partial charge < -0.3 is 9.09 Å². The van der Waals surface area contributed by atoms with Gasteiger partial charge in [-0.25, -0.2) is 4.98 Å². The average molecular weight is 229 g/mol. The van der Waals surface area contributed by atoms with Gasteiger partial charge in [-0.2, -0.15) is 4.98 Å². The van der Waals surface area contributed by atoms with Gasteiger partial charge in [0.2, 0.25) is 4.73 Å². The predicted molar refractivity (Wildman–Crippen MR) is 44.2 cm³/mol. The van der Waals surface area contributed by atoms with E-state index in [9.17, 15) is 0 Å². The number of hydrogen-bond donors (Lipinski definition) is 0. The Kier molecular flexibility index (Phi) is 1.69. The molecule has 12 heavy (non-hydrogen) atoms. The number of nitrogens with zero attached hydrogens (tertiary/aromatic N) is 4. The largest absolute Gasteiger partial charge is 0.331 e. The van der Waals surface area contributed by atoms with Crippen LogP contribution in [-0.4, -0.2) is 19.7 Å². The van der Waals surface area contributed by atoms with E-state index in [1.165, 1.54) is 0 Å². The first-order valence-corrected chi connectivity index (χ1v) is 4.02. The molecule has 2 heterocycles. The number of aromatic nitrogens is 4. The van der Waals surface area contributed by atoms with Crippen LogP contribution < -0.4 is 0 Å². The van der Waals surface area contributed by atoms with Crippen LogP contribution in [0.15, 0.2) is 21.8 Å². The van der Waals surface area contributed by atoms with Crippen molar-refractivity contribution in [3.8, 4) is 11.6 Å². The van der Waals surface area contributed by atoms with Crippen LogP contribution in [0.2, 0.25) is 0 Å². The van der Waals surface area contributed by atoms with Gasteiger partial charge in [-0.05, 0) is 21.1 Å². The van der Waals surface area contributed by atoms with E-state index in [1.807, 2.05) is 7.05 Å². The molecule has 2 aromatic rings. The van der Waals surface area contributed by atoms with E-state index >= 15 is 0 Å². The summed E-state index contributed by atoms with van der Waals surface area (Å²) < 4.78 is 7.17. The van der Waals surface area contributed by atoms with Crippen LogP contribution in [0.4, 0.5) is 0 Å². The quantitative estimate of drug-likeness (QED) is 0.737. The SMILES string of the molecule is Cn1cncc1-c1nc(Br)no1. The summed E-state index contributed by atoms with van der Waals surface area (Å²) in [6.07, 6.45) is 3.34. The maximum absolute atomic E-state index is 4.92. The summed E-state index contributed by atoms with van der Waals surface area (Å²) >= 11 is 3.10. The van der Waals surface area contributed by atoms with Crippen LogP contribution >= 0.6 is 15.9 Å². The zero-order chi connectivity index (χ0) is 8.55. The molecule has 0 N–H and O–H groups in total. The molecule has 0 bridgehead atoms. The van der Waals surface area contributed by atoms with Gasteiger partial charge in [0.05, 0.1) is 12.5 Å². The third-order valence-electron chi connectivity index (χ3n) is 1.44. The maximum atomic E-state index is 4.92. The van der Waals surface area contributed by atoms with Crippen LogP contribution in [0.5, 0.6) is 0 Å². The molecule has 0 aliphatic heterocycles. The number of halogens is 1. The Morgan fingerprint density at radius 1 is 1.58 bits per heavy atom. The van der Waals surface area contributed by atoms with Crippen molar-refractivity contribution >= 4 is 15.9 Å². The van der Waals surface area contributed by atoms with Crippen LogP contribution in [0.3, 0.4) is 0 Å². The Bertz CT molecular complexity index is 394. The number of rotatable bonds is 1. The molecule has 0 aliphatic carbocycles. The van der Waals surface area contributed by atoms with E-state index in [1.54, 1.807) is 17.1 Å². The summed E-state index contributed by atoms with van der Waals surface area (Å²) in [5.41, 5.74) is 0.799. The number of hydrogen-bond acceptors (Lipinski definition) is 4. The van der Waals surface area contributed by atoms with Crippen molar-refractivity contribution in [2.75, 3.05) is 0 Å². The van der Waals surface area contributed by atoms with Crippen molar-refractivity contribution in [2.45, 2.75) is 0 Å². The molecule has 0 atom stereocenters. The van der Waals surface area contributed by atoms with Crippen molar-refractivity contribution in [1.29, 1.82) is 0 Å². The first-order valence-electron chi connectivity index (χ1n) is 3.23. The van der Waals surface area contributed by atoms with E-state index in [-0.39, 0.29) is 0 Å². The lowest BCUT2D eigenvalue weighted by Crippen LogP contribution is -1.88. The molecule has 0 amide bonds. The van der Waals surface area contributed by atoms with Gasteiger partial charge in [0, 0.05) is 7.05 Å². The van der Waals surface area contributed by atoms with Gasteiger partial charge in [0.15, 0.2) is 0 Å². The Balaban J connectivity index is 2.50. The highest BCUT2D eigenvalue weighted by Gasteiger charge is 2.09. The van der Waals surface area contributed by atoms with Crippen LogP contribution in [0.25, 0.3) is 11.6 Å². The first-order chi connectivity index (χ1) is 5.77. The van der Waals surface area contributed by atoms with Crippen molar-refractivity contribution in [3.05, 3.63) is 17.3 Å². The van der Waals surface area contributed by atoms with E-state index in [4.69, 9.17) is 4.52 Å². The highest BCUT2D eigenvalue weighted by atomic mass is 79.9. The summed E-state index contributed by atoms with van der Waals surface area (Å²) in [6.45, 7) is 0. The molecule has 0 unspecified atom stereocenters. The molecular weight excluding hydrogens is 224 g/mol. The fraction of sp³-hybridized carbons (Fsp3) is 0.167. The molecule has 2 aromatic heterocycles. The molecule has 0 spiro atoms. The lowest BCUT2D eigenvalue weighted by atomic mass is 10.5. The standard InChI is InChI=1S/C6H5BrN4O/c1-11-3-8-2-4(11)5-9-6(7)10-12-5/h2-3H,1H3. The molecule has 0 aliphatic rings. The van der Waals surface area contributed by atoms with Crippen molar-refractivity contribution in [2.24, 2.45) is 7.05 Å². The Labute approximate surface area is 76.5 Å². The second kappa shape index (κ2) is 2.71. The predicted octanol–water partition coefficient (Wildman–Crippen LogP) is 1.23. The monoisotopic (exact) mass is 228 g/mol. The zero-order valence-corrected chi connectivity index (χ0v) is 7.82. The van der Waals surface area contributed by atoms with Gasteiger partial charge in [0.25, 0.3) is 5.89 Å². The minimum atomic E-state index is 0.443. The highest BCUT2D eigenvalue weighted by Crippen LogP contribution is 2.16. The lowest BCUT2D eigenvalue weighted by molar-refractivity contribution is 0.424. The van der Waals surface area contributed by atoms with Crippen molar-refractivity contribution < 1.29 is 4.52 Å². The van der Waals surface area contributed by atoms with Gasteiger partial charge in [-0.3, -0.25) is 0 Å². The maximum Gasteiger partial charge on any atom is 0.276 e. The van der Waals surface area contributed by atoms with E-state index in [0.29, 0.717) is 10.6 Å². The van der Waals surface area contributed by atoms with Crippen LogP contribution in [0, 0.1) is 0 Å². The fourth-order valence-corrected chi connectivity index (χ4v) is 1.11. The third kappa shape index (κ3) is 1.14. The molecule has 0 saturated carbocycles. The molecule has 0 aromatic carbocycles. The Morgan fingerprint density at radius 3 is 2.92 bits per heavy atom. The summed E-state index contributed by atoms with van der Waals surface area (Å²) in [5.74, 6) is 0.460. The van der Waals surface area contributed by atoms with Crippen molar-refractivity contribution in [1.82, 2.24) is 19.7 Å². The zero-order valence-electron chi connectivity index (χ0n) is 6.23. The molecule has 6 heteroatoms. The Hall–Kier alpha value is -1.17. The van der Waals surface area contributed by atoms with Gasteiger partial charge in [-0.15, -0.1) is 0 Å². The lowest BCUT2D eigenvalue weighted by Gasteiger charge is -1.92. The van der Waals surface area contributed by atoms with Gasteiger partial charge in [0.1, 0.15) is 5.69 Å². The van der Waals surface area contributed by atoms with Crippen LogP contribution in [-0.2, 0) is 7.05 Å². The molecule has 2 rings (SSSR count). The number of aryl methyl sites for hydroxylation is 1. The first kappa shape index (κ1) is 7.48. The minimum Gasteiger partial charge on any atom is -0.331 e. The third-order valence-corrected chi connectivity index (χ3v) is 1.76. The molecule has 0 fully saturated rings. The minimum absolute atomic E-state index is 0.443. The van der Waals surface area contributed by atoms with Crippen LogP contribution in [0.1, 0.15) is 0 Å². The molecular formula is C6H5BrN4O. The van der Waals surface area contributed by atoms with Gasteiger partial charge in [-0.1, -0.05) is 0 Å². The molecule has 0 saturated heterocycles. The Morgan fingerprint density at radius 2 is 2.42 bits per heavy atom. The second-order valence-electron chi connectivity index (χ2n) is 2.26. The fourth-order valence-electron chi connectivity index (χ4n) is 0.873. The summed E-state index contributed by atoms with van der Waals surface area (Å²) in [6, 6.07) is 0. The van der Waals surface area contributed by atoms with Crippen molar-refractivity contribution in [3.63, 3.8) is 0 Å².